The van der Waals surface area contributed by atoms with E-state index in [0.29, 0.717) is 0 Å². The van der Waals surface area contributed by atoms with Crippen molar-refractivity contribution in [2.24, 2.45) is 0 Å². The van der Waals surface area contributed by atoms with Crippen molar-refractivity contribution in [3.05, 3.63) is 41.0 Å². The average Bonchev–Trinajstić information content (AvgIpc) is 2.38. The molecular weight excluding hydrogens is 260 g/mol. The molecule has 0 aliphatic carbocycles. The highest BCUT2D eigenvalue weighted by Gasteiger charge is 2.18. The van der Waals surface area contributed by atoms with Crippen LogP contribution < -0.4 is 0 Å². The molecule has 3 rings (SSSR count). The van der Waals surface area contributed by atoms with Gasteiger partial charge < -0.3 is 5.11 Å². The summed E-state index contributed by atoms with van der Waals surface area (Å²) in [6.07, 6.45) is 3.57. The maximum absolute atomic E-state index is 9.74. The topological polar surface area (TPSA) is 36.4 Å². The van der Waals surface area contributed by atoms with Crippen LogP contribution in [0.1, 0.15) is 18.4 Å². The van der Waals surface area contributed by atoms with Gasteiger partial charge in [0.15, 0.2) is 0 Å². The number of hydrogen-bond acceptors (Lipinski definition) is 3. The molecule has 19 heavy (non-hydrogen) atoms. The third-order valence-electron chi connectivity index (χ3n) is 3.62. The summed E-state index contributed by atoms with van der Waals surface area (Å²) >= 11 is 6.17. The van der Waals surface area contributed by atoms with Crippen LogP contribution in [-0.2, 0) is 6.54 Å². The Morgan fingerprint density at radius 2 is 2.32 bits per heavy atom. The molecule has 1 saturated heterocycles. The number of β-amino-alcohol motifs (C(OH)–C–C–N with tert-alkyl or cyclic N) is 1. The standard InChI is InChI=1S/C15H17ClN2O/c16-13-7-11-3-1-5-17-15(11)12(8-13)9-18-6-2-4-14(19)10-18/h1,3,5,7-8,14,19H,2,4,6,9-10H2. The molecule has 2 heterocycles. The first-order chi connectivity index (χ1) is 9.22. The summed E-state index contributed by atoms with van der Waals surface area (Å²) in [5.41, 5.74) is 2.14. The predicted octanol–water partition coefficient (Wildman–Crippen LogP) is 2.84. The lowest BCUT2D eigenvalue weighted by Gasteiger charge is -2.30. The van der Waals surface area contributed by atoms with Gasteiger partial charge in [-0.1, -0.05) is 17.7 Å². The summed E-state index contributed by atoms with van der Waals surface area (Å²) in [6.45, 7) is 2.56. The molecule has 3 nitrogen and oxygen atoms in total. The van der Waals surface area contributed by atoms with Gasteiger partial charge in [0, 0.05) is 29.7 Å². The number of aliphatic hydroxyl groups is 1. The first kappa shape index (κ1) is 12.9. The molecule has 2 aromatic rings. The van der Waals surface area contributed by atoms with Gasteiger partial charge in [-0.15, -0.1) is 0 Å². The zero-order valence-electron chi connectivity index (χ0n) is 10.7. The smallest absolute Gasteiger partial charge is 0.0747 e. The number of aliphatic hydroxyl groups excluding tert-OH is 1. The van der Waals surface area contributed by atoms with Crippen LogP contribution in [0, 0.1) is 0 Å². The van der Waals surface area contributed by atoms with E-state index >= 15 is 0 Å². The average molecular weight is 277 g/mol. The number of piperidine rings is 1. The van der Waals surface area contributed by atoms with Crippen molar-refractivity contribution in [3.63, 3.8) is 0 Å². The Morgan fingerprint density at radius 1 is 1.42 bits per heavy atom. The molecule has 4 heteroatoms. The van der Waals surface area contributed by atoms with E-state index < -0.39 is 0 Å². The summed E-state index contributed by atoms with van der Waals surface area (Å²) < 4.78 is 0. The first-order valence-corrected chi connectivity index (χ1v) is 7.04. The highest BCUT2D eigenvalue weighted by molar-refractivity contribution is 6.31. The van der Waals surface area contributed by atoms with Crippen molar-refractivity contribution in [1.29, 1.82) is 0 Å². The quantitative estimate of drug-likeness (QED) is 0.916. The van der Waals surface area contributed by atoms with Gasteiger partial charge >= 0.3 is 0 Å². The normalized spacial score (nSPS) is 20.8. The summed E-state index contributed by atoms with van der Waals surface area (Å²) in [5, 5.41) is 11.6. The fraction of sp³-hybridized carbons (Fsp3) is 0.400. The number of nitrogens with zero attached hydrogens (tertiary/aromatic N) is 2. The molecule has 0 amide bonds. The number of pyridine rings is 1. The van der Waals surface area contributed by atoms with Crippen molar-refractivity contribution >= 4 is 22.5 Å². The van der Waals surface area contributed by atoms with E-state index in [4.69, 9.17) is 11.6 Å². The maximum atomic E-state index is 9.74. The fourth-order valence-corrected chi connectivity index (χ4v) is 3.01. The van der Waals surface area contributed by atoms with E-state index in [0.717, 1.165) is 54.0 Å². The molecule has 1 atom stereocenters. The third-order valence-corrected chi connectivity index (χ3v) is 3.84. The molecule has 0 radical (unpaired) electrons. The van der Waals surface area contributed by atoms with Crippen LogP contribution in [-0.4, -0.2) is 34.2 Å². The van der Waals surface area contributed by atoms with E-state index in [1.54, 1.807) is 0 Å². The second-order valence-electron chi connectivity index (χ2n) is 5.17. The van der Waals surface area contributed by atoms with Crippen LogP contribution in [0.2, 0.25) is 5.02 Å². The number of hydrogen-bond donors (Lipinski definition) is 1. The zero-order valence-corrected chi connectivity index (χ0v) is 11.5. The molecule has 100 valence electrons. The second kappa shape index (κ2) is 5.45. The van der Waals surface area contributed by atoms with Gasteiger partial charge in [-0.3, -0.25) is 9.88 Å². The summed E-state index contributed by atoms with van der Waals surface area (Å²) in [4.78, 5) is 6.73. The molecule has 1 aromatic heterocycles. The molecule has 1 N–H and O–H groups in total. The minimum absolute atomic E-state index is 0.202. The largest absolute Gasteiger partial charge is 0.392 e. The van der Waals surface area contributed by atoms with E-state index in [9.17, 15) is 5.11 Å². The summed E-state index contributed by atoms with van der Waals surface area (Å²) in [7, 11) is 0. The summed E-state index contributed by atoms with van der Waals surface area (Å²) in [6, 6.07) is 7.88. The first-order valence-electron chi connectivity index (χ1n) is 6.66. The van der Waals surface area contributed by atoms with E-state index in [1.165, 1.54) is 0 Å². The van der Waals surface area contributed by atoms with Crippen LogP contribution in [0.3, 0.4) is 0 Å². The van der Waals surface area contributed by atoms with E-state index in [1.807, 2.05) is 30.5 Å². The SMILES string of the molecule is OC1CCCN(Cc2cc(Cl)cc3cccnc23)C1. The predicted molar refractivity (Wildman–Crippen MR) is 77.3 cm³/mol. The number of aromatic nitrogens is 1. The minimum atomic E-state index is -0.202. The van der Waals surface area contributed by atoms with Crippen LogP contribution >= 0.6 is 11.6 Å². The molecule has 1 unspecified atom stereocenters. The molecule has 1 aromatic carbocycles. The van der Waals surface area contributed by atoms with Gasteiger partial charge in [0.25, 0.3) is 0 Å². The molecule has 0 spiro atoms. The number of benzene rings is 1. The summed E-state index contributed by atoms with van der Waals surface area (Å²) in [5.74, 6) is 0. The van der Waals surface area contributed by atoms with Crippen LogP contribution in [0.5, 0.6) is 0 Å². The van der Waals surface area contributed by atoms with Gasteiger partial charge in [-0.05, 0) is 43.1 Å². The monoisotopic (exact) mass is 276 g/mol. The Balaban J connectivity index is 1.91. The maximum Gasteiger partial charge on any atom is 0.0747 e. The lowest BCUT2D eigenvalue weighted by atomic mass is 10.1. The molecule has 1 fully saturated rings. The van der Waals surface area contributed by atoms with E-state index in [2.05, 4.69) is 9.88 Å². The van der Waals surface area contributed by atoms with Crippen LogP contribution in [0.15, 0.2) is 30.5 Å². The van der Waals surface area contributed by atoms with Crippen molar-refractivity contribution in [3.8, 4) is 0 Å². The molecule has 0 saturated carbocycles. The van der Waals surface area contributed by atoms with E-state index in [-0.39, 0.29) is 6.10 Å². The van der Waals surface area contributed by atoms with Gasteiger partial charge in [0.05, 0.1) is 11.6 Å². The Bertz CT molecular complexity index is 587. The molecule has 0 bridgehead atoms. The molecule has 1 aliphatic rings. The van der Waals surface area contributed by atoms with Gasteiger partial charge in [-0.25, -0.2) is 0 Å². The third kappa shape index (κ3) is 2.89. The molecule has 1 aliphatic heterocycles. The highest BCUT2D eigenvalue weighted by atomic mass is 35.5. The fourth-order valence-electron chi connectivity index (χ4n) is 2.76. The Kier molecular flexibility index (Phi) is 3.69. The van der Waals surface area contributed by atoms with Crippen molar-refractivity contribution < 1.29 is 5.11 Å². The number of halogens is 1. The minimum Gasteiger partial charge on any atom is -0.392 e. The van der Waals surface area contributed by atoms with Gasteiger partial charge in [-0.2, -0.15) is 0 Å². The zero-order chi connectivity index (χ0) is 13.2. The van der Waals surface area contributed by atoms with Crippen molar-refractivity contribution in [2.75, 3.05) is 13.1 Å². The van der Waals surface area contributed by atoms with Crippen molar-refractivity contribution in [2.45, 2.75) is 25.5 Å². The lowest BCUT2D eigenvalue weighted by molar-refractivity contribution is 0.0670. The Morgan fingerprint density at radius 3 is 3.16 bits per heavy atom. The van der Waals surface area contributed by atoms with Crippen LogP contribution in [0.4, 0.5) is 0 Å². The lowest BCUT2D eigenvalue weighted by Crippen LogP contribution is -2.37. The molecular formula is C15H17ClN2O. The number of rotatable bonds is 2. The second-order valence-corrected chi connectivity index (χ2v) is 5.61. The Hall–Kier alpha value is -1.16. The highest BCUT2D eigenvalue weighted by Crippen LogP contribution is 2.24. The van der Waals surface area contributed by atoms with Gasteiger partial charge in [0.1, 0.15) is 0 Å². The number of likely N-dealkylation sites (tertiary alicyclic amines) is 1. The van der Waals surface area contributed by atoms with Gasteiger partial charge in [0.2, 0.25) is 0 Å². The van der Waals surface area contributed by atoms with Crippen molar-refractivity contribution in [1.82, 2.24) is 9.88 Å². The Labute approximate surface area is 117 Å². The van der Waals surface area contributed by atoms with Crippen LogP contribution in [0.25, 0.3) is 10.9 Å². The number of fused-ring (bicyclic) bond motifs is 1.